The first-order valence-corrected chi connectivity index (χ1v) is 16.6. The summed E-state index contributed by atoms with van der Waals surface area (Å²) in [5, 5.41) is 0. The maximum atomic E-state index is 4.33. The van der Waals surface area contributed by atoms with Gasteiger partial charge >= 0.3 is 0 Å². The topological polar surface area (TPSA) is 0 Å². The lowest BCUT2D eigenvalue weighted by Crippen LogP contribution is -2.27. The zero-order valence-corrected chi connectivity index (χ0v) is 25.4. The van der Waals surface area contributed by atoms with Crippen molar-refractivity contribution in [2.24, 2.45) is 47.3 Å². The molecule has 37 heavy (non-hydrogen) atoms. The molecular weight excluding hydrogens is 444 g/mol. The van der Waals surface area contributed by atoms with Crippen LogP contribution in [0.15, 0.2) is 48.6 Å². The Kier molecular flexibility index (Phi) is 13.3. The van der Waals surface area contributed by atoms with Crippen molar-refractivity contribution in [2.75, 3.05) is 0 Å². The highest BCUT2D eigenvalue weighted by Gasteiger charge is 2.34. The Morgan fingerprint density at radius 3 is 2.27 bits per heavy atom. The molecule has 3 aliphatic carbocycles. The lowest BCUT2D eigenvalue weighted by Gasteiger charge is -2.40. The molecule has 0 heteroatoms. The van der Waals surface area contributed by atoms with Crippen molar-refractivity contribution in [2.45, 2.75) is 137 Å². The molecular formula is C37H62. The predicted molar refractivity (Wildman–Crippen MR) is 166 cm³/mol. The van der Waals surface area contributed by atoms with E-state index in [1.165, 1.54) is 109 Å². The Bertz CT molecular complexity index is 735. The Balaban J connectivity index is 1.81. The average Bonchev–Trinajstić information content (AvgIpc) is 2.88. The Hall–Kier alpha value is -1.04. The fraction of sp³-hybridized carbons (Fsp3) is 0.784. The summed E-state index contributed by atoms with van der Waals surface area (Å²) in [6.45, 7) is 18.0. The minimum Gasteiger partial charge on any atom is -0.103 e. The second-order valence-corrected chi connectivity index (χ2v) is 13.9. The Morgan fingerprint density at radius 2 is 1.59 bits per heavy atom. The highest BCUT2D eigenvalue weighted by Crippen LogP contribution is 2.48. The van der Waals surface area contributed by atoms with Gasteiger partial charge < -0.3 is 0 Å². The first-order chi connectivity index (χ1) is 17.9. The van der Waals surface area contributed by atoms with Gasteiger partial charge in [-0.1, -0.05) is 102 Å². The first kappa shape index (κ1) is 30.5. The van der Waals surface area contributed by atoms with E-state index in [4.69, 9.17) is 0 Å². The molecule has 0 aromatic heterocycles. The van der Waals surface area contributed by atoms with Crippen LogP contribution in [0.3, 0.4) is 0 Å². The zero-order chi connectivity index (χ0) is 26.6. The van der Waals surface area contributed by atoms with E-state index in [0.717, 1.165) is 35.5 Å². The van der Waals surface area contributed by atoms with Crippen molar-refractivity contribution in [3.8, 4) is 0 Å². The summed E-state index contributed by atoms with van der Waals surface area (Å²) in [4.78, 5) is 0. The van der Waals surface area contributed by atoms with Crippen molar-refractivity contribution in [1.82, 2.24) is 0 Å². The molecule has 0 amide bonds. The van der Waals surface area contributed by atoms with Gasteiger partial charge in [0.25, 0.3) is 0 Å². The average molecular weight is 507 g/mol. The maximum Gasteiger partial charge on any atom is -0.00559 e. The van der Waals surface area contributed by atoms with Gasteiger partial charge in [-0.15, -0.1) is 13.2 Å². The van der Waals surface area contributed by atoms with Gasteiger partial charge in [-0.2, -0.15) is 0 Å². The van der Waals surface area contributed by atoms with E-state index < -0.39 is 0 Å². The SMILES string of the molecule is C=CC1C=CC(CC2CCC(C=C)CC3=C(C2)C(CC(C)CCC(C)C)CCC3CCCCCC)CC1. The summed E-state index contributed by atoms with van der Waals surface area (Å²) in [6.07, 6.45) is 33.2. The first-order valence-electron chi connectivity index (χ1n) is 16.6. The summed E-state index contributed by atoms with van der Waals surface area (Å²) >= 11 is 0. The molecule has 210 valence electrons. The van der Waals surface area contributed by atoms with Gasteiger partial charge in [-0.25, -0.2) is 0 Å². The van der Waals surface area contributed by atoms with Gasteiger partial charge in [0.05, 0.1) is 0 Å². The van der Waals surface area contributed by atoms with Crippen molar-refractivity contribution < 1.29 is 0 Å². The molecule has 7 atom stereocenters. The largest absolute Gasteiger partial charge is 0.103 e. The van der Waals surface area contributed by atoms with E-state index >= 15 is 0 Å². The number of hydrogen-bond acceptors (Lipinski definition) is 0. The van der Waals surface area contributed by atoms with E-state index in [1.54, 1.807) is 0 Å². The molecule has 0 saturated carbocycles. The predicted octanol–water partition coefficient (Wildman–Crippen LogP) is 11.9. The van der Waals surface area contributed by atoms with Crippen molar-refractivity contribution in [1.29, 1.82) is 0 Å². The smallest absolute Gasteiger partial charge is 0.00559 e. The van der Waals surface area contributed by atoms with Gasteiger partial charge in [0.1, 0.15) is 0 Å². The highest BCUT2D eigenvalue weighted by atomic mass is 14.4. The fourth-order valence-electron chi connectivity index (χ4n) is 7.86. The van der Waals surface area contributed by atoms with E-state index in [0.29, 0.717) is 11.8 Å². The maximum absolute atomic E-state index is 4.33. The van der Waals surface area contributed by atoms with Crippen LogP contribution in [0.25, 0.3) is 0 Å². The molecule has 0 aromatic rings. The van der Waals surface area contributed by atoms with Gasteiger partial charge in [-0.3, -0.25) is 0 Å². The number of unbranched alkanes of at least 4 members (excludes halogenated alkanes) is 3. The van der Waals surface area contributed by atoms with Gasteiger partial charge in [0.2, 0.25) is 0 Å². The van der Waals surface area contributed by atoms with Crippen LogP contribution in [0.2, 0.25) is 0 Å². The van der Waals surface area contributed by atoms with Crippen LogP contribution in [-0.4, -0.2) is 0 Å². The van der Waals surface area contributed by atoms with Gasteiger partial charge in [0.15, 0.2) is 0 Å². The number of allylic oxidation sites excluding steroid dienone is 6. The van der Waals surface area contributed by atoms with E-state index in [9.17, 15) is 0 Å². The molecule has 0 heterocycles. The second kappa shape index (κ2) is 16.2. The van der Waals surface area contributed by atoms with Crippen LogP contribution in [-0.2, 0) is 0 Å². The van der Waals surface area contributed by atoms with Crippen molar-refractivity contribution in [3.05, 3.63) is 48.6 Å². The molecule has 3 aliphatic rings. The molecule has 7 unspecified atom stereocenters. The molecule has 0 saturated heterocycles. The van der Waals surface area contributed by atoms with Crippen LogP contribution in [0, 0.1) is 47.3 Å². The van der Waals surface area contributed by atoms with Crippen molar-refractivity contribution >= 4 is 0 Å². The minimum absolute atomic E-state index is 0.608. The third-order valence-electron chi connectivity index (χ3n) is 10.3. The van der Waals surface area contributed by atoms with Crippen molar-refractivity contribution in [3.63, 3.8) is 0 Å². The second-order valence-electron chi connectivity index (χ2n) is 13.9. The molecule has 3 rings (SSSR count). The highest BCUT2D eigenvalue weighted by molar-refractivity contribution is 5.26. The minimum atomic E-state index is 0.608. The Morgan fingerprint density at radius 1 is 0.811 bits per heavy atom. The molecule has 0 aromatic carbocycles. The quantitative estimate of drug-likeness (QED) is 0.162. The van der Waals surface area contributed by atoms with Crippen LogP contribution in [0.5, 0.6) is 0 Å². The third kappa shape index (κ3) is 9.89. The van der Waals surface area contributed by atoms with Crippen LogP contribution in [0.1, 0.15) is 137 Å². The van der Waals surface area contributed by atoms with E-state index in [2.05, 4.69) is 65.2 Å². The zero-order valence-electron chi connectivity index (χ0n) is 25.4. The van der Waals surface area contributed by atoms with Gasteiger partial charge in [0, 0.05) is 0 Å². The third-order valence-corrected chi connectivity index (χ3v) is 10.3. The van der Waals surface area contributed by atoms with Gasteiger partial charge in [-0.05, 0) is 118 Å². The fourth-order valence-corrected chi connectivity index (χ4v) is 7.86. The molecule has 0 aliphatic heterocycles. The summed E-state index contributed by atoms with van der Waals surface area (Å²) in [5.74, 6) is 6.34. The lowest BCUT2D eigenvalue weighted by molar-refractivity contribution is 0.266. The Labute approximate surface area is 232 Å². The number of hydrogen-bond donors (Lipinski definition) is 0. The standard InChI is InChI=1S/C37H62/c1-7-10-11-12-13-34-22-23-35(24-29(6)15-14-28(4)5)37-27-33(21-18-31(9-3)26-36(34)37)25-32-19-16-30(8-2)17-20-32/h8-9,16,19,28-35H,2-3,7,10-15,17-18,20-27H2,1,4-6H3. The van der Waals surface area contributed by atoms with E-state index in [1.807, 2.05) is 11.1 Å². The summed E-state index contributed by atoms with van der Waals surface area (Å²) in [7, 11) is 0. The summed E-state index contributed by atoms with van der Waals surface area (Å²) in [6, 6.07) is 0. The summed E-state index contributed by atoms with van der Waals surface area (Å²) < 4.78 is 0. The molecule has 0 fully saturated rings. The molecule has 0 bridgehead atoms. The molecule has 0 N–H and O–H groups in total. The van der Waals surface area contributed by atoms with Crippen LogP contribution in [0.4, 0.5) is 0 Å². The molecule has 0 nitrogen and oxygen atoms in total. The van der Waals surface area contributed by atoms with E-state index in [-0.39, 0.29) is 0 Å². The van der Waals surface area contributed by atoms with Crippen LogP contribution >= 0.6 is 0 Å². The normalized spacial score (nSPS) is 31.5. The summed E-state index contributed by atoms with van der Waals surface area (Å²) in [5.41, 5.74) is 3.90. The van der Waals surface area contributed by atoms with Crippen LogP contribution < -0.4 is 0 Å². The molecule has 0 spiro atoms. The monoisotopic (exact) mass is 506 g/mol. The molecule has 0 radical (unpaired) electrons. The lowest BCUT2D eigenvalue weighted by atomic mass is 9.65. The number of rotatable bonds is 14.